The number of benzene rings is 1. The first-order valence-electron chi connectivity index (χ1n) is 9.36. The maximum absolute atomic E-state index is 14.2. The van der Waals surface area contributed by atoms with Gasteiger partial charge in [0.1, 0.15) is 11.2 Å². The average molecular weight is 408 g/mol. The highest BCUT2D eigenvalue weighted by Crippen LogP contribution is 2.36. The molecule has 4 heterocycles. The van der Waals surface area contributed by atoms with Gasteiger partial charge in [0.2, 0.25) is 5.95 Å². The average Bonchev–Trinajstić information content (AvgIpc) is 3.06. The lowest BCUT2D eigenvalue weighted by Gasteiger charge is -2.26. The molecule has 0 saturated heterocycles. The second-order valence-corrected chi connectivity index (χ2v) is 7.09. The van der Waals surface area contributed by atoms with Crippen molar-refractivity contribution in [3.8, 4) is 5.75 Å². The summed E-state index contributed by atoms with van der Waals surface area (Å²) in [5.41, 5.74) is 1.82. The van der Waals surface area contributed by atoms with Crippen molar-refractivity contribution >= 4 is 22.8 Å². The predicted molar refractivity (Wildman–Crippen MR) is 108 cm³/mol. The van der Waals surface area contributed by atoms with Crippen LogP contribution < -0.4 is 21.3 Å². The van der Waals surface area contributed by atoms with Crippen molar-refractivity contribution in [1.29, 1.82) is 0 Å². The monoisotopic (exact) mass is 408 g/mol. The zero-order valence-electron chi connectivity index (χ0n) is 15.9. The maximum Gasteiger partial charge on any atom is 0.328 e. The fourth-order valence-corrected chi connectivity index (χ4v) is 3.71. The van der Waals surface area contributed by atoms with Crippen LogP contribution in [0, 0.1) is 12.7 Å². The Morgan fingerprint density at radius 3 is 3.07 bits per heavy atom. The van der Waals surface area contributed by atoms with Gasteiger partial charge in [0, 0.05) is 18.2 Å². The molecule has 3 N–H and O–H groups in total. The number of nitrogens with one attached hydrogen (secondary N) is 3. The summed E-state index contributed by atoms with van der Waals surface area (Å²) >= 11 is 0. The number of pyridine rings is 1. The lowest BCUT2D eigenvalue weighted by atomic mass is 10.00. The SMILES string of the molecule is Cc1c[nH]c(=O)c(Nc2ncc3[nH]c(=O)n(C4CCOc5c(F)cccc54)c3n2)c1. The van der Waals surface area contributed by atoms with Crippen molar-refractivity contribution in [2.24, 2.45) is 0 Å². The first kappa shape index (κ1) is 18.1. The summed E-state index contributed by atoms with van der Waals surface area (Å²) in [5.74, 6) is -0.160. The second kappa shape index (κ2) is 6.83. The molecular formula is C20H17FN6O3. The Balaban J connectivity index is 1.62. The second-order valence-electron chi connectivity index (χ2n) is 7.09. The summed E-state index contributed by atoms with van der Waals surface area (Å²) in [6.07, 6.45) is 3.55. The molecule has 1 aliphatic heterocycles. The third kappa shape index (κ3) is 2.93. The summed E-state index contributed by atoms with van der Waals surface area (Å²) in [6, 6.07) is 5.87. The van der Waals surface area contributed by atoms with Gasteiger partial charge >= 0.3 is 5.69 Å². The molecule has 0 saturated carbocycles. The summed E-state index contributed by atoms with van der Waals surface area (Å²) in [6.45, 7) is 2.11. The van der Waals surface area contributed by atoms with Gasteiger partial charge in [-0.15, -0.1) is 0 Å². The standard InChI is InChI=1S/C20H17FN6O3/c1-10-7-13(18(28)22-8-10)24-19-23-9-14-17(26-19)27(20(29)25-14)15-5-6-30-16-11(15)3-2-4-12(16)21/h2-4,7-9,15H,5-6H2,1H3,(H,22,28)(H,25,29)(H,23,24,26). The third-order valence-corrected chi connectivity index (χ3v) is 5.06. The molecule has 0 aliphatic carbocycles. The molecule has 1 unspecified atom stereocenters. The maximum atomic E-state index is 14.2. The van der Waals surface area contributed by atoms with Crippen LogP contribution in [0.15, 0.2) is 46.2 Å². The van der Waals surface area contributed by atoms with Gasteiger partial charge in [0.05, 0.1) is 18.8 Å². The van der Waals surface area contributed by atoms with E-state index >= 15 is 0 Å². The van der Waals surface area contributed by atoms with E-state index < -0.39 is 11.9 Å². The van der Waals surface area contributed by atoms with Crippen LogP contribution >= 0.6 is 0 Å². The van der Waals surface area contributed by atoms with E-state index in [9.17, 15) is 14.0 Å². The molecule has 4 aromatic rings. The van der Waals surface area contributed by atoms with E-state index in [-0.39, 0.29) is 35.2 Å². The van der Waals surface area contributed by atoms with Crippen molar-refractivity contribution in [2.75, 3.05) is 11.9 Å². The lowest BCUT2D eigenvalue weighted by Crippen LogP contribution is -2.28. The van der Waals surface area contributed by atoms with Crippen LogP contribution in [0.3, 0.4) is 0 Å². The molecule has 30 heavy (non-hydrogen) atoms. The van der Waals surface area contributed by atoms with Crippen LogP contribution in [0.5, 0.6) is 5.75 Å². The van der Waals surface area contributed by atoms with Crippen LogP contribution in [-0.4, -0.2) is 31.1 Å². The molecule has 1 aliphatic rings. The van der Waals surface area contributed by atoms with Crippen molar-refractivity contribution < 1.29 is 9.13 Å². The number of halogens is 1. The number of H-pyrrole nitrogens is 2. The summed E-state index contributed by atoms with van der Waals surface area (Å²) in [7, 11) is 0. The van der Waals surface area contributed by atoms with Gasteiger partial charge in [-0.25, -0.2) is 14.2 Å². The van der Waals surface area contributed by atoms with Gasteiger partial charge in [0.15, 0.2) is 17.2 Å². The molecule has 3 aromatic heterocycles. The number of aromatic nitrogens is 5. The van der Waals surface area contributed by atoms with Gasteiger partial charge in [-0.1, -0.05) is 12.1 Å². The topological polar surface area (TPSA) is 118 Å². The number of rotatable bonds is 3. The van der Waals surface area contributed by atoms with Gasteiger partial charge < -0.3 is 20.0 Å². The summed E-state index contributed by atoms with van der Waals surface area (Å²) < 4.78 is 21.1. The lowest BCUT2D eigenvalue weighted by molar-refractivity contribution is 0.244. The molecule has 5 rings (SSSR count). The molecule has 9 nitrogen and oxygen atoms in total. The Bertz CT molecular complexity index is 1390. The minimum Gasteiger partial charge on any atom is -0.490 e. The highest BCUT2D eigenvalue weighted by molar-refractivity contribution is 5.72. The number of aryl methyl sites for hydroxylation is 1. The number of aromatic amines is 2. The van der Waals surface area contributed by atoms with E-state index in [1.165, 1.54) is 16.8 Å². The van der Waals surface area contributed by atoms with E-state index in [1.807, 2.05) is 6.92 Å². The largest absolute Gasteiger partial charge is 0.490 e. The van der Waals surface area contributed by atoms with Crippen molar-refractivity contribution in [2.45, 2.75) is 19.4 Å². The number of anilines is 2. The van der Waals surface area contributed by atoms with E-state index in [0.29, 0.717) is 23.1 Å². The number of hydrogen-bond donors (Lipinski definition) is 3. The van der Waals surface area contributed by atoms with E-state index in [1.54, 1.807) is 24.4 Å². The van der Waals surface area contributed by atoms with Crippen LogP contribution in [0.25, 0.3) is 11.2 Å². The van der Waals surface area contributed by atoms with Gasteiger partial charge in [-0.05, 0) is 24.6 Å². The molecule has 1 aromatic carbocycles. The minimum atomic E-state index is -0.472. The van der Waals surface area contributed by atoms with Crippen molar-refractivity contribution in [3.63, 3.8) is 0 Å². The van der Waals surface area contributed by atoms with Gasteiger partial charge in [-0.3, -0.25) is 9.36 Å². The van der Waals surface area contributed by atoms with Crippen LogP contribution in [0.4, 0.5) is 16.0 Å². The normalized spacial score (nSPS) is 15.6. The fraction of sp³-hybridized carbons (Fsp3) is 0.200. The Hall–Kier alpha value is -3.95. The molecule has 1 atom stereocenters. The summed E-state index contributed by atoms with van der Waals surface area (Å²) in [4.78, 5) is 38.8. The zero-order valence-corrected chi connectivity index (χ0v) is 15.9. The first-order chi connectivity index (χ1) is 14.5. The number of imidazole rings is 1. The Morgan fingerprint density at radius 1 is 1.33 bits per heavy atom. The summed E-state index contributed by atoms with van der Waals surface area (Å²) in [5, 5.41) is 2.89. The molecule has 0 fully saturated rings. The number of fused-ring (bicyclic) bond motifs is 2. The zero-order chi connectivity index (χ0) is 20.8. The van der Waals surface area contributed by atoms with Crippen molar-refractivity contribution in [3.05, 3.63) is 74.4 Å². The van der Waals surface area contributed by atoms with Crippen LogP contribution in [-0.2, 0) is 0 Å². The highest BCUT2D eigenvalue weighted by atomic mass is 19.1. The molecule has 10 heteroatoms. The first-order valence-corrected chi connectivity index (χ1v) is 9.36. The van der Waals surface area contributed by atoms with Crippen LogP contribution in [0.1, 0.15) is 23.6 Å². The minimum absolute atomic E-state index is 0.147. The van der Waals surface area contributed by atoms with Crippen LogP contribution in [0.2, 0.25) is 0 Å². The van der Waals surface area contributed by atoms with E-state index in [2.05, 4.69) is 25.3 Å². The van der Waals surface area contributed by atoms with Gasteiger partial charge in [0.25, 0.3) is 5.56 Å². The Morgan fingerprint density at radius 2 is 2.20 bits per heavy atom. The quantitative estimate of drug-likeness (QED) is 0.479. The predicted octanol–water partition coefficient (Wildman–Crippen LogP) is 2.37. The molecule has 0 bridgehead atoms. The Kier molecular flexibility index (Phi) is 4.12. The number of para-hydroxylation sites is 1. The number of nitrogens with zero attached hydrogens (tertiary/aromatic N) is 3. The molecule has 0 amide bonds. The molecule has 0 radical (unpaired) electrons. The fourth-order valence-electron chi connectivity index (χ4n) is 3.71. The number of hydrogen-bond acceptors (Lipinski definition) is 6. The molecule has 0 spiro atoms. The smallest absolute Gasteiger partial charge is 0.328 e. The van der Waals surface area contributed by atoms with Gasteiger partial charge in [-0.2, -0.15) is 4.98 Å². The number of ether oxygens (including phenoxy) is 1. The highest BCUT2D eigenvalue weighted by Gasteiger charge is 2.28. The molecule has 152 valence electrons. The van der Waals surface area contributed by atoms with E-state index in [4.69, 9.17) is 4.74 Å². The third-order valence-electron chi connectivity index (χ3n) is 5.06. The van der Waals surface area contributed by atoms with E-state index in [0.717, 1.165) is 5.56 Å². The van der Waals surface area contributed by atoms with Crippen molar-refractivity contribution in [1.82, 2.24) is 24.5 Å². The molecular weight excluding hydrogens is 391 g/mol. The Labute approximate surface area is 168 Å².